The van der Waals surface area contributed by atoms with Crippen LogP contribution in [0.2, 0.25) is 5.02 Å². The lowest BCUT2D eigenvalue weighted by atomic mass is 10.0. The molecule has 0 saturated carbocycles. The number of carbonyl (C=O) groups excluding carboxylic acids is 1. The maximum absolute atomic E-state index is 11.9. The molecule has 0 aromatic heterocycles. The fraction of sp³-hybridized carbons (Fsp3) is 0.462. The quantitative estimate of drug-likeness (QED) is 0.848. The topological polar surface area (TPSA) is 55.1 Å². The molecule has 1 aromatic carbocycles. The van der Waals surface area contributed by atoms with Crippen molar-refractivity contribution in [2.24, 2.45) is 11.7 Å². The zero-order chi connectivity index (χ0) is 12.8. The molecule has 0 radical (unpaired) electrons. The van der Waals surface area contributed by atoms with Gasteiger partial charge in [0, 0.05) is 17.5 Å². The van der Waals surface area contributed by atoms with Gasteiger partial charge in [-0.3, -0.25) is 4.79 Å². The molecule has 0 saturated heterocycles. The Morgan fingerprint density at radius 2 is 2.12 bits per heavy atom. The van der Waals surface area contributed by atoms with Crippen LogP contribution in [0.15, 0.2) is 24.3 Å². The molecule has 0 heterocycles. The van der Waals surface area contributed by atoms with E-state index in [0.29, 0.717) is 11.6 Å². The smallest absolute Gasteiger partial charge is 0.224 e. The SMILES string of the molecule is CCC(CN)C(=O)N[C@H](C)c1ccccc1Cl. The Labute approximate surface area is 107 Å². The van der Waals surface area contributed by atoms with Crippen molar-refractivity contribution in [3.05, 3.63) is 34.9 Å². The van der Waals surface area contributed by atoms with Gasteiger partial charge in [0.15, 0.2) is 0 Å². The van der Waals surface area contributed by atoms with E-state index >= 15 is 0 Å². The Balaban J connectivity index is 2.70. The number of nitrogens with one attached hydrogen (secondary N) is 1. The maximum atomic E-state index is 11.9. The molecule has 1 aromatic rings. The Morgan fingerprint density at radius 3 is 2.65 bits per heavy atom. The molecule has 3 nitrogen and oxygen atoms in total. The molecule has 1 rings (SSSR count). The third-order valence-corrected chi connectivity index (χ3v) is 3.22. The first-order valence-corrected chi connectivity index (χ1v) is 6.22. The molecule has 2 atom stereocenters. The summed E-state index contributed by atoms with van der Waals surface area (Å²) in [7, 11) is 0. The second kappa shape index (κ2) is 6.62. The van der Waals surface area contributed by atoms with Gasteiger partial charge >= 0.3 is 0 Å². The van der Waals surface area contributed by atoms with Crippen LogP contribution in [0.1, 0.15) is 31.9 Å². The van der Waals surface area contributed by atoms with Crippen molar-refractivity contribution in [2.75, 3.05) is 6.54 Å². The molecule has 3 N–H and O–H groups in total. The lowest BCUT2D eigenvalue weighted by Gasteiger charge is -2.19. The zero-order valence-corrected chi connectivity index (χ0v) is 11.0. The van der Waals surface area contributed by atoms with Gasteiger partial charge in [0.2, 0.25) is 5.91 Å². The number of carbonyl (C=O) groups is 1. The normalized spacial score (nSPS) is 14.1. The van der Waals surface area contributed by atoms with Crippen molar-refractivity contribution in [2.45, 2.75) is 26.3 Å². The number of hydrogen-bond acceptors (Lipinski definition) is 2. The third-order valence-electron chi connectivity index (χ3n) is 2.88. The van der Waals surface area contributed by atoms with Gasteiger partial charge < -0.3 is 11.1 Å². The number of nitrogens with two attached hydrogens (primary N) is 1. The second-order valence-electron chi connectivity index (χ2n) is 4.09. The van der Waals surface area contributed by atoms with Gasteiger partial charge in [0.25, 0.3) is 0 Å². The standard InChI is InChI=1S/C13H19ClN2O/c1-3-10(8-15)13(17)16-9(2)11-6-4-5-7-12(11)14/h4-7,9-10H,3,8,15H2,1-2H3,(H,16,17)/t9-,10?/m1/s1. The number of benzene rings is 1. The molecule has 0 aliphatic rings. The Hall–Kier alpha value is -1.06. The Bertz CT molecular complexity index is 377. The summed E-state index contributed by atoms with van der Waals surface area (Å²) in [5.41, 5.74) is 6.47. The van der Waals surface area contributed by atoms with Gasteiger partial charge in [-0.15, -0.1) is 0 Å². The molecule has 17 heavy (non-hydrogen) atoms. The first kappa shape index (κ1) is 14.0. The summed E-state index contributed by atoms with van der Waals surface area (Å²) in [5.74, 6) is -0.137. The van der Waals surface area contributed by atoms with Crippen molar-refractivity contribution in [1.29, 1.82) is 0 Å². The van der Waals surface area contributed by atoms with E-state index in [1.54, 1.807) is 0 Å². The second-order valence-corrected chi connectivity index (χ2v) is 4.50. The van der Waals surface area contributed by atoms with Crippen molar-refractivity contribution >= 4 is 17.5 Å². The van der Waals surface area contributed by atoms with E-state index in [-0.39, 0.29) is 17.9 Å². The average molecular weight is 255 g/mol. The summed E-state index contributed by atoms with van der Waals surface area (Å²) < 4.78 is 0. The minimum absolute atomic E-state index is 0.0116. The molecule has 1 amide bonds. The molecule has 0 bridgehead atoms. The van der Waals surface area contributed by atoms with Gasteiger partial charge in [-0.25, -0.2) is 0 Å². The number of amides is 1. The maximum Gasteiger partial charge on any atom is 0.224 e. The molecular weight excluding hydrogens is 236 g/mol. The molecule has 1 unspecified atom stereocenters. The van der Waals surface area contributed by atoms with Crippen LogP contribution in [-0.4, -0.2) is 12.5 Å². The number of rotatable bonds is 5. The van der Waals surface area contributed by atoms with E-state index in [9.17, 15) is 4.79 Å². The van der Waals surface area contributed by atoms with Gasteiger partial charge in [-0.2, -0.15) is 0 Å². The fourth-order valence-corrected chi connectivity index (χ4v) is 1.99. The van der Waals surface area contributed by atoms with Crippen molar-refractivity contribution in [1.82, 2.24) is 5.32 Å². The highest BCUT2D eigenvalue weighted by atomic mass is 35.5. The van der Waals surface area contributed by atoms with Crippen molar-refractivity contribution in [3.63, 3.8) is 0 Å². The van der Waals surface area contributed by atoms with E-state index in [2.05, 4.69) is 5.32 Å². The molecule has 0 aliphatic carbocycles. The summed E-state index contributed by atoms with van der Waals surface area (Å²) in [6, 6.07) is 7.41. The van der Waals surface area contributed by atoms with E-state index in [1.807, 2.05) is 38.1 Å². The minimum atomic E-state index is -0.125. The highest BCUT2D eigenvalue weighted by Crippen LogP contribution is 2.22. The van der Waals surface area contributed by atoms with Crippen molar-refractivity contribution in [3.8, 4) is 0 Å². The van der Waals surface area contributed by atoms with Crippen LogP contribution in [0.3, 0.4) is 0 Å². The largest absolute Gasteiger partial charge is 0.349 e. The highest BCUT2D eigenvalue weighted by molar-refractivity contribution is 6.31. The first-order valence-electron chi connectivity index (χ1n) is 5.85. The van der Waals surface area contributed by atoms with Gasteiger partial charge in [-0.05, 0) is 25.0 Å². The van der Waals surface area contributed by atoms with Crippen LogP contribution >= 0.6 is 11.6 Å². The zero-order valence-electron chi connectivity index (χ0n) is 10.2. The van der Waals surface area contributed by atoms with Crippen LogP contribution in [0, 0.1) is 5.92 Å². The monoisotopic (exact) mass is 254 g/mol. The van der Waals surface area contributed by atoms with E-state index < -0.39 is 0 Å². The number of hydrogen-bond donors (Lipinski definition) is 2. The molecule has 0 fully saturated rings. The summed E-state index contributed by atoms with van der Waals surface area (Å²) in [6.45, 7) is 4.25. The third kappa shape index (κ3) is 3.72. The number of halogens is 1. The van der Waals surface area contributed by atoms with Gasteiger partial charge in [0.05, 0.1) is 6.04 Å². The summed E-state index contributed by atoms with van der Waals surface area (Å²) in [6.07, 6.45) is 0.748. The fourth-order valence-electron chi connectivity index (χ4n) is 1.69. The predicted octanol–water partition coefficient (Wildman–Crippen LogP) is 2.50. The van der Waals surface area contributed by atoms with E-state index in [1.165, 1.54) is 0 Å². The molecule has 0 aliphatic heterocycles. The Kier molecular flexibility index (Phi) is 5.45. The summed E-state index contributed by atoms with van der Waals surface area (Å²) in [5, 5.41) is 3.60. The predicted molar refractivity (Wildman–Crippen MR) is 70.8 cm³/mol. The first-order chi connectivity index (χ1) is 8.10. The van der Waals surface area contributed by atoms with E-state index in [0.717, 1.165) is 12.0 Å². The summed E-state index contributed by atoms with van der Waals surface area (Å²) in [4.78, 5) is 11.9. The van der Waals surface area contributed by atoms with Crippen LogP contribution in [0.25, 0.3) is 0 Å². The summed E-state index contributed by atoms with van der Waals surface area (Å²) >= 11 is 6.07. The molecule has 4 heteroatoms. The highest BCUT2D eigenvalue weighted by Gasteiger charge is 2.18. The lowest BCUT2D eigenvalue weighted by molar-refractivity contribution is -0.125. The van der Waals surface area contributed by atoms with E-state index in [4.69, 9.17) is 17.3 Å². The molecule has 94 valence electrons. The molecular formula is C13H19ClN2O. The average Bonchev–Trinajstić information content (AvgIpc) is 2.31. The minimum Gasteiger partial charge on any atom is -0.349 e. The van der Waals surface area contributed by atoms with Crippen LogP contribution in [0.4, 0.5) is 0 Å². The van der Waals surface area contributed by atoms with Crippen LogP contribution < -0.4 is 11.1 Å². The molecule has 0 spiro atoms. The Morgan fingerprint density at radius 1 is 1.47 bits per heavy atom. The van der Waals surface area contributed by atoms with Crippen LogP contribution in [0.5, 0.6) is 0 Å². The lowest BCUT2D eigenvalue weighted by Crippen LogP contribution is -2.36. The van der Waals surface area contributed by atoms with Crippen LogP contribution in [-0.2, 0) is 4.79 Å². The van der Waals surface area contributed by atoms with Gasteiger partial charge in [0.1, 0.15) is 0 Å². The van der Waals surface area contributed by atoms with Gasteiger partial charge in [-0.1, -0.05) is 36.7 Å². The van der Waals surface area contributed by atoms with Crippen molar-refractivity contribution < 1.29 is 4.79 Å².